The summed E-state index contributed by atoms with van der Waals surface area (Å²) in [6.07, 6.45) is 9.32. The number of hydrogen-bond donors (Lipinski definition) is 0. The molecule has 1 atom stereocenters. The van der Waals surface area contributed by atoms with Crippen molar-refractivity contribution >= 4 is 7.80 Å². The molecule has 94 valence electrons. The Hall–Kier alpha value is -0.680. The molecule has 0 aromatic heterocycles. The van der Waals surface area contributed by atoms with E-state index in [1.165, 1.54) is 37.7 Å². The van der Waals surface area contributed by atoms with Crippen LogP contribution in [0.4, 0.5) is 0 Å². The van der Waals surface area contributed by atoms with Crippen LogP contribution in [0.25, 0.3) is 0 Å². The van der Waals surface area contributed by atoms with E-state index in [-0.39, 0.29) is 0 Å². The van der Waals surface area contributed by atoms with Crippen molar-refractivity contribution in [2.75, 3.05) is 6.16 Å². The van der Waals surface area contributed by atoms with Crippen LogP contribution < -0.4 is 0 Å². The van der Waals surface area contributed by atoms with Crippen LogP contribution in [-0.4, -0.2) is 6.16 Å². The fraction of sp³-hybridized carbons (Fsp3) is 0.600. The lowest BCUT2D eigenvalue weighted by molar-refractivity contribution is 0.580. The van der Waals surface area contributed by atoms with Gasteiger partial charge in [0.15, 0.2) is 6.16 Å². The molecule has 1 nitrogen and oxygen atoms in total. The van der Waals surface area contributed by atoms with Gasteiger partial charge in [0, 0.05) is 0 Å². The molecule has 0 amide bonds. The number of hydrogen-bond acceptors (Lipinski definition) is 1. The Kier molecular flexibility index (Phi) is 7.92. The van der Waals surface area contributed by atoms with Crippen LogP contribution in [0.3, 0.4) is 0 Å². The van der Waals surface area contributed by atoms with Crippen molar-refractivity contribution in [3.63, 3.8) is 0 Å². The van der Waals surface area contributed by atoms with Crippen molar-refractivity contribution in [2.24, 2.45) is 0 Å². The summed E-state index contributed by atoms with van der Waals surface area (Å²) in [6.45, 7) is 2.23. The van der Waals surface area contributed by atoms with Crippen LogP contribution in [0, 0.1) is 0 Å². The molecule has 0 aliphatic heterocycles. The van der Waals surface area contributed by atoms with Gasteiger partial charge in [-0.05, 0) is 18.4 Å². The van der Waals surface area contributed by atoms with Crippen LogP contribution in [0.15, 0.2) is 30.3 Å². The molecule has 0 radical (unpaired) electrons. The smallest absolute Gasteiger partial charge is 0.0744 e. The van der Waals surface area contributed by atoms with Crippen LogP contribution in [0.5, 0.6) is 0 Å². The van der Waals surface area contributed by atoms with E-state index in [2.05, 4.69) is 19.1 Å². The molecule has 0 N–H and O–H groups in total. The van der Waals surface area contributed by atoms with Crippen LogP contribution in [0.1, 0.15) is 51.0 Å². The van der Waals surface area contributed by atoms with Gasteiger partial charge >= 0.3 is 7.80 Å². The average molecular weight is 251 g/mol. The third kappa shape index (κ3) is 7.28. The quantitative estimate of drug-likeness (QED) is 0.425. The van der Waals surface area contributed by atoms with Gasteiger partial charge in [0.25, 0.3) is 0 Å². The largest absolute Gasteiger partial charge is 0.343 e. The van der Waals surface area contributed by atoms with Gasteiger partial charge in [0.05, 0.1) is 0 Å². The predicted octanol–water partition coefficient (Wildman–Crippen LogP) is 5.37. The minimum atomic E-state index is -1.03. The zero-order valence-corrected chi connectivity index (χ0v) is 11.8. The van der Waals surface area contributed by atoms with Crippen molar-refractivity contribution in [3.8, 4) is 0 Å². The van der Waals surface area contributed by atoms with Crippen LogP contribution >= 0.6 is 7.80 Å². The third-order valence-electron chi connectivity index (χ3n) is 2.96. The highest BCUT2D eigenvalue weighted by molar-refractivity contribution is 7.43. The van der Waals surface area contributed by atoms with Gasteiger partial charge in [-0.25, -0.2) is 0 Å². The molecule has 0 heterocycles. The Balaban J connectivity index is 2.06. The number of unbranched alkanes of at least 4 members (excludes halogenated alkanes) is 5. The van der Waals surface area contributed by atoms with Crippen LogP contribution in [0.2, 0.25) is 0 Å². The maximum atomic E-state index is 11.8. The molecule has 0 bridgehead atoms. The molecule has 1 aromatic carbocycles. The molecule has 2 heteroatoms. The van der Waals surface area contributed by atoms with Crippen molar-refractivity contribution in [3.05, 3.63) is 35.9 Å². The van der Waals surface area contributed by atoms with E-state index in [9.17, 15) is 4.57 Å². The van der Waals surface area contributed by atoms with Crippen molar-refractivity contribution in [1.82, 2.24) is 0 Å². The second-order valence-electron chi connectivity index (χ2n) is 4.62. The zero-order chi connectivity index (χ0) is 12.3. The molecule has 1 unspecified atom stereocenters. The molecule has 0 saturated carbocycles. The highest BCUT2D eigenvalue weighted by atomic mass is 31.1. The molecule has 0 saturated heterocycles. The Morgan fingerprint density at radius 2 is 1.59 bits per heavy atom. The topological polar surface area (TPSA) is 17.1 Å². The molecule has 0 spiro atoms. The lowest BCUT2D eigenvalue weighted by Crippen LogP contribution is -1.85. The average Bonchev–Trinajstić information content (AvgIpc) is 2.35. The van der Waals surface area contributed by atoms with Gasteiger partial charge < -0.3 is 0 Å². The van der Waals surface area contributed by atoms with E-state index in [4.69, 9.17) is 0 Å². The molecule has 0 aliphatic rings. The van der Waals surface area contributed by atoms with Crippen molar-refractivity contribution in [1.29, 1.82) is 0 Å². The fourth-order valence-corrected chi connectivity index (χ4v) is 3.29. The Labute approximate surface area is 106 Å². The van der Waals surface area contributed by atoms with E-state index in [0.717, 1.165) is 18.7 Å². The zero-order valence-electron chi connectivity index (χ0n) is 10.9. The standard InChI is InChI=1S/C15H24OP/c1-2-3-4-5-6-10-13-17(16)14-15-11-8-7-9-12-15/h7-9,11-12H,2-6,10,13-14H2,1H3/q+1. The maximum absolute atomic E-state index is 11.8. The SMILES string of the molecule is CCCCCCCC[P+](=O)Cc1ccccc1. The van der Waals surface area contributed by atoms with Gasteiger partial charge in [-0.15, -0.1) is 0 Å². The van der Waals surface area contributed by atoms with Gasteiger partial charge in [-0.2, -0.15) is 0 Å². The minimum Gasteiger partial charge on any atom is -0.0744 e. The first-order chi connectivity index (χ1) is 8.33. The summed E-state index contributed by atoms with van der Waals surface area (Å²) in [6, 6.07) is 10.2. The normalized spacial score (nSPS) is 11.5. The van der Waals surface area contributed by atoms with Gasteiger partial charge in [-0.1, -0.05) is 67.5 Å². The predicted molar refractivity (Wildman–Crippen MR) is 76.0 cm³/mol. The second-order valence-corrected chi connectivity index (χ2v) is 6.34. The number of rotatable bonds is 9. The summed E-state index contributed by atoms with van der Waals surface area (Å²) < 4.78 is 11.8. The Morgan fingerprint density at radius 1 is 0.941 bits per heavy atom. The summed E-state index contributed by atoms with van der Waals surface area (Å²) in [5.41, 5.74) is 1.21. The van der Waals surface area contributed by atoms with Gasteiger partial charge in [0.2, 0.25) is 0 Å². The Bertz CT molecular complexity index is 308. The lowest BCUT2D eigenvalue weighted by atomic mass is 10.1. The highest BCUT2D eigenvalue weighted by Crippen LogP contribution is 2.28. The van der Waals surface area contributed by atoms with E-state index in [1.807, 2.05) is 18.2 Å². The molecule has 17 heavy (non-hydrogen) atoms. The van der Waals surface area contributed by atoms with E-state index in [0.29, 0.717) is 0 Å². The molecule has 1 aromatic rings. The molecule has 1 rings (SSSR count). The highest BCUT2D eigenvalue weighted by Gasteiger charge is 2.14. The fourth-order valence-electron chi connectivity index (χ4n) is 1.93. The van der Waals surface area contributed by atoms with E-state index < -0.39 is 7.80 Å². The monoisotopic (exact) mass is 251 g/mol. The summed E-state index contributed by atoms with van der Waals surface area (Å²) in [7, 11) is -1.03. The van der Waals surface area contributed by atoms with Crippen LogP contribution in [-0.2, 0) is 10.7 Å². The lowest BCUT2D eigenvalue weighted by Gasteiger charge is -1.96. The first-order valence-corrected chi connectivity index (χ1v) is 8.42. The summed E-state index contributed by atoms with van der Waals surface area (Å²) in [4.78, 5) is 0. The third-order valence-corrected chi connectivity index (χ3v) is 4.50. The first-order valence-electron chi connectivity index (χ1n) is 6.79. The minimum absolute atomic E-state index is 0.755. The maximum Gasteiger partial charge on any atom is 0.343 e. The first kappa shape index (κ1) is 14.4. The van der Waals surface area contributed by atoms with Gasteiger partial charge in [0.1, 0.15) is 6.16 Å². The van der Waals surface area contributed by atoms with E-state index >= 15 is 0 Å². The number of benzene rings is 1. The molecular weight excluding hydrogens is 227 g/mol. The summed E-state index contributed by atoms with van der Waals surface area (Å²) in [5, 5.41) is 0. The molecular formula is C15H24OP+. The van der Waals surface area contributed by atoms with Gasteiger partial charge in [-0.3, -0.25) is 0 Å². The molecule has 0 fully saturated rings. The van der Waals surface area contributed by atoms with Crippen molar-refractivity contribution < 1.29 is 4.57 Å². The Morgan fingerprint density at radius 3 is 2.29 bits per heavy atom. The summed E-state index contributed by atoms with van der Waals surface area (Å²) >= 11 is 0. The summed E-state index contributed by atoms with van der Waals surface area (Å²) in [5.74, 6) is 0. The second kappa shape index (κ2) is 9.36. The molecule has 0 aliphatic carbocycles. The van der Waals surface area contributed by atoms with Crippen molar-refractivity contribution in [2.45, 2.75) is 51.6 Å². The van der Waals surface area contributed by atoms with E-state index in [1.54, 1.807) is 0 Å².